The number of rotatable bonds is 5. The van der Waals surface area contributed by atoms with Gasteiger partial charge in [0.05, 0.1) is 13.2 Å². The second-order valence-electron chi connectivity index (χ2n) is 4.20. The highest BCUT2D eigenvalue weighted by Crippen LogP contribution is 2.21. The molecule has 1 aliphatic rings. The van der Waals surface area contributed by atoms with E-state index in [-0.39, 0.29) is 19.8 Å². The minimum atomic E-state index is -4.11. The Balaban J connectivity index is 2.83. The van der Waals surface area contributed by atoms with Crippen molar-refractivity contribution in [2.75, 3.05) is 19.8 Å². The van der Waals surface area contributed by atoms with Gasteiger partial charge in [-0.05, 0) is 33.1 Å². The number of hydrogen-bond acceptors (Lipinski definition) is 6. The van der Waals surface area contributed by atoms with E-state index in [4.69, 9.17) is 4.74 Å². The summed E-state index contributed by atoms with van der Waals surface area (Å²) in [7, 11) is -4.11. The first-order chi connectivity index (χ1) is 9.42. The smallest absolute Gasteiger partial charge is 0.421 e. The molecule has 0 aromatic rings. The van der Waals surface area contributed by atoms with Crippen LogP contribution in [0, 0.1) is 0 Å². The lowest BCUT2D eigenvalue weighted by Crippen LogP contribution is -2.53. The second-order valence-corrected chi connectivity index (χ2v) is 5.83. The summed E-state index contributed by atoms with van der Waals surface area (Å²) in [6.07, 6.45) is 0.678. The average molecular weight is 308 g/mol. The third-order valence-corrected chi connectivity index (χ3v) is 4.29. The lowest BCUT2D eigenvalue weighted by molar-refractivity contribution is -0.148. The number of piperidine rings is 1. The molecule has 1 heterocycles. The molecule has 1 aliphatic heterocycles. The molecule has 9 heteroatoms. The van der Waals surface area contributed by atoms with Gasteiger partial charge in [0.1, 0.15) is 6.04 Å². The zero-order chi connectivity index (χ0) is 15.2. The van der Waals surface area contributed by atoms with Gasteiger partial charge in [-0.15, -0.1) is 0 Å². The molecule has 20 heavy (non-hydrogen) atoms. The number of ether oxygens (including phenoxy) is 2. The maximum absolute atomic E-state index is 12.1. The molecule has 8 nitrogen and oxygen atoms in total. The molecular weight excluding hydrogens is 288 g/mol. The van der Waals surface area contributed by atoms with Crippen molar-refractivity contribution in [2.45, 2.75) is 39.2 Å². The molecule has 1 atom stereocenters. The Bertz CT molecular complexity index is 450. The molecule has 1 saturated heterocycles. The minimum Gasteiger partial charge on any atom is -0.465 e. The monoisotopic (exact) mass is 308 g/mol. The van der Waals surface area contributed by atoms with E-state index in [0.29, 0.717) is 12.8 Å². The van der Waals surface area contributed by atoms with Crippen molar-refractivity contribution in [1.82, 2.24) is 9.03 Å². The van der Waals surface area contributed by atoms with Crippen LogP contribution >= 0.6 is 0 Å². The molecule has 1 fully saturated rings. The summed E-state index contributed by atoms with van der Waals surface area (Å²) in [4.78, 5) is 23.0. The number of hydrogen-bond donors (Lipinski definition) is 1. The van der Waals surface area contributed by atoms with Crippen LogP contribution in [0.1, 0.15) is 33.1 Å². The van der Waals surface area contributed by atoms with Crippen molar-refractivity contribution in [1.29, 1.82) is 0 Å². The van der Waals surface area contributed by atoms with Crippen LogP contribution in [0.4, 0.5) is 4.79 Å². The van der Waals surface area contributed by atoms with E-state index >= 15 is 0 Å². The van der Waals surface area contributed by atoms with E-state index in [9.17, 15) is 18.0 Å². The van der Waals surface area contributed by atoms with Gasteiger partial charge in [-0.1, -0.05) is 0 Å². The van der Waals surface area contributed by atoms with E-state index < -0.39 is 28.3 Å². The first-order valence-electron chi connectivity index (χ1n) is 6.55. The highest BCUT2D eigenvalue weighted by molar-refractivity contribution is 7.87. The number of nitrogens with zero attached hydrogens (tertiary/aromatic N) is 1. The molecule has 0 spiro atoms. The Morgan fingerprint density at radius 2 is 1.85 bits per heavy atom. The summed E-state index contributed by atoms with van der Waals surface area (Å²) in [6, 6.07) is -0.893. The molecule has 1 amide bonds. The molecule has 0 aliphatic carbocycles. The fourth-order valence-corrected chi connectivity index (χ4v) is 3.27. The molecular formula is C11H20N2O6S. The van der Waals surface area contributed by atoms with Crippen molar-refractivity contribution >= 4 is 22.3 Å². The molecule has 116 valence electrons. The molecule has 1 unspecified atom stereocenters. The number of nitrogens with one attached hydrogen (secondary N) is 1. The zero-order valence-electron chi connectivity index (χ0n) is 11.6. The largest absolute Gasteiger partial charge is 0.465 e. The molecule has 0 aromatic carbocycles. The van der Waals surface area contributed by atoms with Crippen molar-refractivity contribution in [3.8, 4) is 0 Å². The van der Waals surface area contributed by atoms with Gasteiger partial charge >= 0.3 is 22.3 Å². The SMILES string of the molecule is CCOC(=O)NS(=O)(=O)N1CCCCC1C(=O)OCC. The van der Waals surface area contributed by atoms with Crippen LogP contribution in [0.15, 0.2) is 0 Å². The number of carbonyl (C=O) groups is 2. The molecule has 0 saturated carbocycles. The summed E-state index contributed by atoms with van der Waals surface area (Å²) < 4.78 is 36.3. The third-order valence-electron chi connectivity index (χ3n) is 2.81. The first-order valence-corrected chi connectivity index (χ1v) is 7.99. The van der Waals surface area contributed by atoms with E-state index in [0.717, 1.165) is 10.7 Å². The number of carbonyl (C=O) groups excluding carboxylic acids is 2. The highest BCUT2D eigenvalue weighted by Gasteiger charge is 2.38. The van der Waals surface area contributed by atoms with Gasteiger partial charge in [-0.25, -0.2) is 9.52 Å². The second kappa shape index (κ2) is 7.44. The predicted molar refractivity (Wildman–Crippen MR) is 70.1 cm³/mol. The fourth-order valence-electron chi connectivity index (χ4n) is 1.99. The minimum absolute atomic E-state index is 0.0582. The summed E-state index contributed by atoms with van der Waals surface area (Å²) >= 11 is 0. The molecule has 0 radical (unpaired) electrons. The Labute approximate surface area is 118 Å². The normalized spacial score (nSPS) is 20.2. The summed E-state index contributed by atoms with van der Waals surface area (Å²) in [5, 5.41) is 0. The van der Waals surface area contributed by atoms with Crippen molar-refractivity contribution in [3.63, 3.8) is 0 Å². The summed E-state index contributed by atoms with van der Waals surface area (Å²) in [5.41, 5.74) is 0. The Kier molecular flexibility index (Phi) is 6.21. The van der Waals surface area contributed by atoms with Crippen LogP contribution in [0.25, 0.3) is 0 Å². The van der Waals surface area contributed by atoms with Crippen LogP contribution in [0.3, 0.4) is 0 Å². The van der Waals surface area contributed by atoms with Gasteiger partial charge in [-0.2, -0.15) is 12.7 Å². The quantitative estimate of drug-likeness (QED) is 0.737. The summed E-state index contributed by atoms with van der Waals surface area (Å²) in [5.74, 6) is -0.596. The molecule has 0 aromatic heterocycles. The maximum Gasteiger partial charge on any atom is 0.421 e. The Hall–Kier alpha value is -1.35. The Morgan fingerprint density at radius 3 is 2.45 bits per heavy atom. The third kappa shape index (κ3) is 4.34. The van der Waals surface area contributed by atoms with E-state index in [1.165, 1.54) is 0 Å². The number of amides is 1. The van der Waals surface area contributed by atoms with Gasteiger partial charge in [0, 0.05) is 6.54 Å². The van der Waals surface area contributed by atoms with Gasteiger partial charge in [0.15, 0.2) is 0 Å². The highest BCUT2D eigenvalue weighted by atomic mass is 32.2. The molecule has 0 bridgehead atoms. The van der Waals surface area contributed by atoms with Gasteiger partial charge < -0.3 is 9.47 Å². The van der Waals surface area contributed by atoms with Crippen molar-refractivity contribution in [3.05, 3.63) is 0 Å². The lowest BCUT2D eigenvalue weighted by Gasteiger charge is -2.32. The van der Waals surface area contributed by atoms with E-state index in [2.05, 4.69) is 4.74 Å². The van der Waals surface area contributed by atoms with Crippen LogP contribution < -0.4 is 4.72 Å². The number of esters is 1. The zero-order valence-corrected chi connectivity index (χ0v) is 12.4. The first kappa shape index (κ1) is 16.7. The Morgan fingerprint density at radius 1 is 1.20 bits per heavy atom. The lowest BCUT2D eigenvalue weighted by atomic mass is 10.1. The van der Waals surface area contributed by atoms with Gasteiger partial charge in [0.25, 0.3) is 0 Å². The topological polar surface area (TPSA) is 102 Å². The standard InChI is InChI=1S/C11H20N2O6S/c1-3-18-10(14)9-7-5-6-8-13(9)20(16,17)12-11(15)19-4-2/h9H,3-8H2,1-2H3,(H,12,15). The fraction of sp³-hybridized carbons (Fsp3) is 0.818. The molecule has 1 N–H and O–H groups in total. The van der Waals surface area contributed by atoms with Crippen LogP contribution in [-0.2, 0) is 24.5 Å². The van der Waals surface area contributed by atoms with Crippen molar-refractivity contribution < 1.29 is 27.5 Å². The van der Waals surface area contributed by atoms with Crippen LogP contribution in [0.2, 0.25) is 0 Å². The van der Waals surface area contributed by atoms with E-state index in [1.54, 1.807) is 18.6 Å². The maximum atomic E-state index is 12.1. The van der Waals surface area contributed by atoms with Gasteiger partial charge in [-0.3, -0.25) is 4.79 Å². The average Bonchev–Trinajstić information content (AvgIpc) is 2.38. The van der Waals surface area contributed by atoms with E-state index in [1.807, 2.05) is 0 Å². The van der Waals surface area contributed by atoms with Crippen LogP contribution in [0.5, 0.6) is 0 Å². The van der Waals surface area contributed by atoms with Crippen molar-refractivity contribution in [2.24, 2.45) is 0 Å². The summed E-state index contributed by atoms with van der Waals surface area (Å²) in [6.45, 7) is 3.61. The predicted octanol–water partition coefficient (Wildman–Crippen LogP) is 0.395. The van der Waals surface area contributed by atoms with Crippen LogP contribution in [-0.4, -0.2) is 50.6 Å². The molecule has 1 rings (SSSR count). The van der Waals surface area contributed by atoms with Gasteiger partial charge in [0.2, 0.25) is 0 Å².